The lowest BCUT2D eigenvalue weighted by Crippen LogP contribution is -2.40. The average Bonchev–Trinajstić information content (AvgIpc) is 2.24. The fraction of sp³-hybridized carbons (Fsp3) is 0.273. The molecule has 1 amide bonds. The van der Waals surface area contributed by atoms with Gasteiger partial charge in [0.25, 0.3) is 5.91 Å². The molecule has 0 radical (unpaired) electrons. The quantitative estimate of drug-likeness (QED) is 0.737. The van der Waals surface area contributed by atoms with E-state index < -0.39 is 23.7 Å². The average molecular weight is 241 g/mol. The molecule has 17 heavy (non-hydrogen) atoms. The summed E-state index contributed by atoms with van der Waals surface area (Å²) >= 11 is 0. The minimum atomic E-state index is -1.18. The Morgan fingerprint density at radius 3 is 2.59 bits per heavy atom. The van der Waals surface area contributed by atoms with Gasteiger partial charge >= 0.3 is 5.97 Å². The Morgan fingerprint density at radius 1 is 1.47 bits per heavy atom. The summed E-state index contributed by atoms with van der Waals surface area (Å²) in [6.45, 7) is 1.59. The van der Waals surface area contributed by atoms with Gasteiger partial charge in [-0.3, -0.25) is 4.79 Å². The Morgan fingerprint density at radius 2 is 2.12 bits per heavy atom. The maximum absolute atomic E-state index is 13.3. The number of hydrogen-bond acceptors (Lipinski definition) is 3. The fourth-order valence-electron chi connectivity index (χ4n) is 1.26. The van der Waals surface area contributed by atoms with E-state index in [-0.39, 0.29) is 17.7 Å². The second-order valence-electron chi connectivity index (χ2n) is 3.44. The SMILES string of the molecule is CCC(NC(=O)c1ccc(O)cc1F)C(=O)O. The number of carbonyl (C=O) groups excluding carboxylic acids is 1. The van der Waals surface area contributed by atoms with Crippen LogP contribution in [0.25, 0.3) is 0 Å². The molecule has 1 rings (SSSR count). The van der Waals surface area contributed by atoms with E-state index >= 15 is 0 Å². The minimum Gasteiger partial charge on any atom is -0.508 e. The van der Waals surface area contributed by atoms with Crippen molar-refractivity contribution in [2.24, 2.45) is 0 Å². The molecule has 0 aliphatic carbocycles. The van der Waals surface area contributed by atoms with Crippen LogP contribution in [0.4, 0.5) is 4.39 Å². The molecule has 0 aromatic heterocycles. The highest BCUT2D eigenvalue weighted by Gasteiger charge is 2.20. The summed E-state index contributed by atoms with van der Waals surface area (Å²) in [4.78, 5) is 22.2. The van der Waals surface area contributed by atoms with Gasteiger partial charge in [-0.1, -0.05) is 6.92 Å². The number of rotatable bonds is 4. The normalized spacial score (nSPS) is 11.9. The number of benzene rings is 1. The van der Waals surface area contributed by atoms with Crippen molar-refractivity contribution in [3.8, 4) is 5.75 Å². The number of aromatic hydroxyl groups is 1. The van der Waals surface area contributed by atoms with Gasteiger partial charge in [-0.05, 0) is 18.6 Å². The van der Waals surface area contributed by atoms with Gasteiger partial charge in [0.05, 0.1) is 5.56 Å². The molecule has 0 fully saturated rings. The van der Waals surface area contributed by atoms with Gasteiger partial charge in [0.1, 0.15) is 17.6 Å². The van der Waals surface area contributed by atoms with Crippen LogP contribution < -0.4 is 5.32 Å². The first-order valence-electron chi connectivity index (χ1n) is 4.98. The Labute approximate surface area is 96.9 Å². The van der Waals surface area contributed by atoms with Crippen molar-refractivity contribution in [2.45, 2.75) is 19.4 Å². The molecule has 0 saturated carbocycles. The molecule has 0 heterocycles. The lowest BCUT2D eigenvalue weighted by molar-refractivity contribution is -0.139. The van der Waals surface area contributed by atoms with E-state index in [1.54, 1.807) is 6.92 Å². The molecule has 1 atom stereocenters. The second-order valence-corrected chi connectivity index (χ2v) is 3.44. The number of hydrogen-bond donors (Lipinski definition) is 3. The van der Waals surface area contributed by atoms with Crippen LogP contribution in [0.1, 0.15) is 23.7 Å². The van der Waals surface area contributed by atoms with Crippen molar-refractivity contribution < 1.29 is 24.2 Å². The third-order valence-corrected chi connectivity index (χ3v) is 2.21. The Hall–Kier alpha value is -2.11. The lowest BCUT2D eigenvalue weighted by Gasteiger charge is -2.12. The first-order chi connectivity index (χ1) is 7.95. The Bertz CT molecular complexity index is 447. The summed E-state index contributed by atoms with van der Waals surface area (Å²) in [5, 5.41) is 19.9. The summed E-state index contributed by atoms with van der Waals surface area (Å²) in [6, 6.07) is 1.97. The highest BCUT2D eigenvalue weighted by atomic mass is 19.1. The van der Waals surface area contributed by atoms with Crippen molar-refractivity contribution in [1.82, 2.24) is 5.32 Å². The molecule has 3 N–H and O–H groups in total. The van der Waals surface area contributed by atoms with E-state index in [4.69, 9.17) is 10.2 Å². The third kappa shape index (κ3) is 3.17. The van der Waals surface area contributed by atoms with Crippen LogP contribution >= 0.6 is 0 Å². The number of nitrogens with one attached hydrogen (secondary N) is 1. The summed E-state index contributed by atoms with van der Waals surface area (Å²) in [5.41, 5.74) is -0.303. The van der Waals surface area contributed by atoms with E-state index in [9.17, 15) is 14.0 Å². The van der Waals surface area contributed by atoms with Gasteiger partial charge in [0.15, 0.2) is 0 Å². The predicted octanol–water partition coefficient (Wildman–Crippen LogP) is 1.12. The van der Waals surface area contributed by atoms with E-state index in [1.165, 1.54) is 0 Å². The molecule has 1 aromatic rings. The number of phenols is 1. The smallest absolute Gasteiger partial charge is 0.326 e. The monoisotopic (exact) mass is 241 g/mol. The Balaban J connectivity index is 2.86. The van der Waals surface area contributed by atoms with Crippen LogP contribution in [-0.2, 0) is 4.79 Å². The van der Waals surface area contributed by atoms with Crippen LogP contribution in [0.3, 0.4) is 0 Å². The molecule has 0 spiro atoms. The van der Waals surface area contributed by atoms with Crippen LogP contribution in [0, 0.1) is 5.82 Å². The molecular formula is C11H12FNO4. The van der Waals surface area contributed by atoms with Crippen molar-refractivity contribution in [2.75, 3.05) is 0 Å². The lowest BCUT2D eigenvalue weighted by atomic mass is 10.1. The summed E-state index contributed by atoms with van der Waals surface area (Å²) in [5.74, 6) is -3.20. The number of carboxylic acids is 1. The molecular weight excluding hydrogens is 229 g/mol. The number of halogens is 1. The molecule has 5 nitrogen and oxygen atoms in total. The second kappa shape index (κ2) is 5.29. The third-order valence-electron chi connectivity index (χ3n) is 2.21. The topological polar surface area (TPSA) is 86.6 Å². The van der Waals surface area contributed by atoms with Crippen molar-refractivity contribution >= 4 is 11.9 Å². The van der Waals surface area contributed by atoms with Gasteiger partial charge in [0.2, 0.25) is 0 Å². The highest BCUT2D eigenvalue weighted by Crippen LogP contribution is 2.15. The van der Waals surface area contributed by atoms with Crippen LogP contribution in [-0.4, -0.2) is 28.1 Å². The largest absolute Gasteiger partial charge is 0.508 e. The number of carbonyl (C=O) groups is 2. The first kappa shape index (κ1) is 13.0. The molecule has 6 heteroatoms. The van der Waals surface area contributed by atoms with Crippen LogP contribution in [0.15, 0.2) is 18.2 Å². The Kier molecular flexibility index (Phi) is 4.03. The maximum Gasteiger partial charge on any atom is 0.326 e. The van der Waals surface area contributed by atoms with E-state index in [2.05, 4.69) is 5.32 Å². The minimum absolute atomic E-state index is 0.195. The zero-order valence-electron chi connectivity index (χ0n) is 9.11. The van der Waals surface area contributed by atoms with E-state index in [0.29, 0.717) is 0 Å². The fourth-order valence-corrected chi connectivity index (χ4v) is 1.26. The first-order valence-corrected chi connectivity index (χ1v) is 4.98. The number of carboxylic acid groups (broad SMARTS) is 1. The number of aliphatic carboxylic acids is 1. The van der Waals surface area contributed by atoms with Gasteiger partial charge < -0.3 is 15.5 Å². The van der Waals surface area contributed by atoms with Crippen molar-refractivity contribution in [3.05, 3.63) is 29.6 Å². The van der Waals surface area contributed by atoms with E-state index in [1.807, 2.05) is 0 Å². The molecule has 0 saturated heterocycles. The number of amides is 1. The zero-order valence-corrected chi connectivity index (χ0v) is 9.11. The standard InChI is InChI=1S/C11H12FNO4/c1-2-9(11(16)17)13-10(15)7-4-3-6(14)5-8(7)12/h3-5,9,14H,2H2,1H3,(H,13,15)(H,16,17). The van der Waals surface area contributed by atoms with Crippen LogP contribution in [0.2, 0.25) is 0 Å². The summed E-state index contributed by atoms with van der Waals surface area (Å²) in [7, 11) is 0. The molecule has 92 valence electrons. The molecule has 0 aliphatic heterocycles. The zero-order chi connectivity index (χ0) is 13.0. The molecule has 0 aliphatic rings. The molecule has 0 bridgehead atoms. The van der Waals surface area contributed by atoms with Gasteiger partial charge in [0, 0.05) is 6.07 Å². The summed E-state index contributed by atoms with van der Waals surface area (Å²) < 4.78 is 13.3. The van der Waals surface area contributed by atoms with Gasteiger partial charge in [-0.25, -0.2) is 9.18 Å². The maximum atomic E-state index is 13.3. The van der Waals surface area contributed by atoms with Crippen LogP contribution in [0.5, 0.6) is 5.75 Å². The molecule has 1 unspecified atom stereocenters. The highest BCUT2D eigenvalue weighted by molar-refractivity contribution is 5.96. The summed E-state index contributed by atoms with van der Waals surface area (Å²) in [6.07, 6.45) is 0.195. The number of phenolic OH excluding ortho intramolecular Hbond substituents is 1. The van der Waals surface area contributed by atoms with Gasteiger partial charge in [-0.2, -0.15) is 0 Å². The van der Waals surface area contributed by atoms with Crippen molar-refractivity contribution in [1.29, 1.82) is 0 Å². The molecule has 1 aromatic carbocycles. The van der Waals surface area contributed by atoms with Gasteiger partial charge in [-0.15, -0.1) is 0 Å². The predicted molar refractivity (Wildman–Crippen MR) is 57.2 cm³/mol. The van der Waals surface area contributed by atoms with E-state index in [0.717, 1.165) is 18.2 Å². The van der Waals surface area contributed by atoms with Crippen molar-refractivity contribution in [3.63, 3.8) is 0 Å².